The maximum absolute atomic E-state index is 11.3. The van der Waals surface area contributed by atoms with Gasteiger partial charge in [0.1, 0.15) is 5.82 Å². The summed E-state index contributed by atoms with van der Waals surface area (Å²) in [6.07, 6.45) is 4.62. The van der Waals surface area contributed by atoms with E-state index in [9.17, 15) is 9.90 Å². The average molecular weight is 328 g/mol. The van der Waals surface area contributed by atoms with Crippen molar-refractivity contribution in [2.75, 3.05) is 7.11 Å². The van der Waals surface area contributed by atoms with E-state index in [0.717, 1.165) is 54.0 Å². The first kappa shape index (κ1) is 16.7. The Bertz CT molecular complexity index is 743. The highest BCUT2D eigenvalue weighted by molar-refractivity contribution is 5.89. The number of rotatable bonds is 4. The molecule has 24 heavy (non-hydrogen) atoms. The van der Waals surface area contributed by atoms with Crippen molar-refractivity contribution in [2.45, 2.75) is 51.6 Å². The number of hydrogen-bond acceptors (Lipinski definition) is 3. The molecule has 1 aliphatic carbocycles. The summed E-state index contributed by atoms with van der Waals surface area (Å²) in [5.41, 5.74) is 4.11. The Morgan fingerprint density at radius 3 is 2.58 bits per heavy atom. The zero-order valence-electron chi connectivity index (χ0n) is 14.4. The predicted octanol–water partition coefficient (Wildman–Crippen LogP) is 4.06. The molecule has 1 fully saturated rings. The molecule has 128 valence electrons. The van der Waals surface area contributed by atoms with E-state index < -0.39 is 5.97 Å². The van der Waals surface area contributed by atoms with Crippen molar-refractivity contribution in [1.29, 1.82) is 0 Å². The highest BCUT2D eigenvalue weighted by atomic mass is 16.5. The number of H-pyrrole nitrogens is 1. The molecule has 0 saturated heterocycles. The number of methoxy groups -OCH3 is 1. The van der Waals surface area contributed by atoms with Crippen molar-refractivity contribution in [3.63, 3.8) is 0 Å². The van der Waals surface area contributed by atoms with Gasteiger partial charge in [-0.15, -0.1) is 0 Å². The van der Waals surface area contributed by atoms with Gasteiger partial charge in [0.2, 0.25) is 0 Å². The van der Waals surface area contributed by atoms with Gasteiger partial charge in [-0.1, -0.05) is 6.07 Å². The molecule has 2 aromatic rings. The number of aromatic carboxylic acids is 1. The highest BCUT2D eigenvalue weighted by Crippen LogP contribution is 2.35. The second-order valence-electron chi connectivity index (χ2n) is 6.63. The van der Waals surface area contributed by atoms with Gasteiger partial charge in [-0.05, 0) is 57.2 Å². The Hall–Kier alpha value is -2.14. The summed E-state index contributed by atoms with van der Waals surface area (Å²) in [6, 6.07) is 5.21. The molecule has 2 N–H and O–H groups in total. The number of ether oxygens (including phenoxy) is 1. The molecule has 1 aromatic heterocycles. The molecule has 0 spiro atoms. The van der Waals surface area contributed by atoms with Crippen LogP contribution in [-0.4, -0.2) is 34.3 Å². The van der Waals surface area contributed by atoms with Gasteiger partial charge >= 0.3 is 5.97 Å². The molecule has 5 heteroatoms. The monoisotopic (exact) mass is 328 g/mol. The zero-order chi connectivity index (χ0) is 17.3. The van der Waals surface area contributed by atoms with Crippen LogP contribution in [0.5, 0.6) is 0 Å². The molecule has 0 aliphatic heterocycles. The number of aryl methyl sites for hydroxylation is 2. The first-order chi connectivity index (χ1) is 11.5. The molecule has 3 rings (SSSR count). The Morgan fingerprint density at radius 2 is 1.96 bits per heavy atom. The highest BCUT2D eigenvalue weighted by Gasteiger charge is 2.25. The normalized spacial score (nSPS) is 21.0. The van der Waals surface area contributed by atoms with Crippen LogP contribution < -0.4 is 0 Å². The summed E-state index contributed by atoms with van der Waals surface area (Å²) in [6.45, 7) is 3.97. The van der Waals surface area contributed by atoms with Crippen LogP contribution >= 0.6 is 0 Å². The zero-order valence-corrected chi connectivity index (χ0v) is 14.4. The number of hydrogen-bond donors (Lipinski definition) is 2. The molecule has 1 aliphatic rings. The lowest BCUT2D eigenvalue weighted by Crippen LogP contribution is -2.19. The largest absolute Gasteiger partial charge is 0.478 e. The molecule has 0 amide bonds. The van der Waals surface area contributed by atoms with E-state index >= 15 is 0 Å². The van der Waals surface area contributed by atoms with Crippen LogP contribution in [0.2, 0.25) is 0 Å². The van der Waals surface area contributed by atoms with Gasteiger partial charge in [-0.25, -0.2) is 9.78 Å². The molecule has 5 nitrogen and oxygen atoms in total. The van der Waals surface area contributed by atoms with Gasteiger partial charge in [0.15, 0.2) is 0 Å². The molecule has 1 heterocycles. The second kappa shape index (κ2) is 6.77. The first-order valence-electron chi connectivity index (χ1n) is 8.43. The summed E-state index contributed by atoms with van der Waals surface area (Å²) in [5, 5.41) is 9.24. The fourth-order valence-corrected chi connectivity index (χ4v) is 3.53. The minimum Gasteiger partial charge on any atom is -0.478 e. The summed E-state index contributed by atoms with van der Waals surface area (Å²) < 4.78 is 5.44. The topological polar surface area (TPSA) is 75.2 Å². The Labute approximate surface area is 142 Å². The molecule has 0 unspecified atom stereocenters. The lowest BCUT2D eigenvalue weighted by molar-refractivity contribution is 0.0651. The minimum atomic E-state index is -0.911. The van der Waals surface area contributed by atoms with Gasteiger partial charge in [-0.3, -0.25) is 0 Å². The number of nitrogens with zero attached hydrogens (tertiary/aromatic N) is 1. The van der Waals surface area contributed by atoms with Crippen LogP contribution in [-0.2, 0) is 4.74 Å². The second-order valence-corrected chi connectivity index (χ2v) is 6.63. The van der Waals surface area contributed by atoms with E-state index in [1.54, 1.807) is 19.2 Å². The number of imidazole rings is 1. The van der Waals surface area contributed by atoms with Crippen LogP contribution in [0.4, 0.5) is 0 Å². The van der Waals surface area contributed by atoms with Crippen LogP contribution in [0.25, 0.3) is 11.3 Å². The molecule has 1 saturated carbocycles. The van der Waals surface area contributed by atoms with Gasteiger partial charge < -0.3 is 14.8 Å². The number of carbonyl (C=O) groups is 1. The number of carboxylic acids is 1. The van der Waals surface area contributed by atoms with Gasteiger partial charge in [0.25, 0.3) is 0 Å². The third-order valence-electron chi connectivity index (χ3n) is 5.05. The average Bonchev–Trinajstić information content (AvgIpc) is 2.97. The molecular weight excluding hydrogens is 304 g/mol. The van der Waals surface area contributed by atoms with Crippen molar-refractivity contribution in [3.8, 4) is 11.3 Å². The fraction of sp³-hybridized carbons (Fsp3) is 0.474. The van der Waals surface area contributed by atoms with E-state index in [1.165, 1.54) is 0 Å². The van der Waals surface area contributed by atoms with Crippen LogP contribution in [0.3, 0.4) is 0 Å². The lowest BCUT2D eigenvalue weighted by atomic mass is 9.87. The van der Waals surface area contributed by atoms with E-state index in [2.05, 4.69) is 4.98 Å². The van der Waals surface area contributed by atoms with E-state index in [1.807, 2.05) is 19.9 Å². The number of carboxylic acid groups (broad SMARTS) is 1. The van der Waals surface area contributed by atoms with E-state index in [-0.39, 0.29) is 0 Å². The summed E-state index contributed by atoms with van der Waals surface area (Å²) in [5.74, 6) is 0.524. The van der Waals surface area contributed by atoms with Crippen molar-refractivity contribution in [3.05, 3.63) is 40.8 Å². The molecule has 0 radical (unpaired) electrons. The van der Waals surface area contributed by atoms with Gasteiger partial charge in [0, 0.05) is 18.6 Å². The molecule has 0 bridgehead atoms. The standard InChI is InChI=1S/C19H24N2O3/c1-11-4-5-14(19(22)23)10-16(11)17-12(2)20-18(21-17)13-6-8-15(24-3)9-7-13/h4-5,10,13,15H,6-9H2,1-3H3,(H,20,21)(H,22,23). The van der Waals surface area contributed by atoms with Crippen molar-refractivity contribution < 1.29 is 14.6 Å². The Morgan fingerprint density at radius 1 is 1.25 bits per heavy atom. The maximum Gasteiger partial charge on any atom is 0.335 e. The SMILES string of the molecule is COC1CCC(c2nc(C)c(-c3cc(C(=O)O)ccc3C)[nH]2)CC1. The van der Waals surface area contributed by atoms with Crippen LogP contribution in [0, 0.1) is 13.8 Å². The third kappa shape index (κ3) is 3.22. The van der Waals surface area contributed by atoms with Crippen LogP contribution in [0.15, 0.2) is 18.2 Å². The summed E-state index contributed by atoms with van der Waals surface area (Å²) >= 11 is 0. The quantitative estimate of drug-likeness (QED) is 0.887. The Balaban J connectivity index is 1.90. The summed E-state index contributed by atoms with van der Waals surface area (Å²) in [7, 11) is 1.78. The number of benzene rings is 1. The molecule has 1 aromatic carbocycles. The maximum atomic E-state index is 11.3. The van der Waals surface area contributed by atoms with Crippen LogP contribution in [0.1, 0.15) is 59.0 Å². The van der Waals surface area contributed by atoms with Gasteiger partial charge in [-0.2, -0.15) is 0 Å². The lowest BCUT2D eigenvalue weighted by Gasteiger charge is -2.26. The predicted molar refractivity (Wildman–Crippen MR) is 92.5 cm³/mol. The number of aromatic amines is 1. The van der Waals surface area contributed by atoms with Gasteiger partial charge in [0.05, 0.1) is 23.1 Å². The number of aromatic nitrogens is 2. The van der Waals surface area contributed by atoms with E-state index in [0.29, 0.717) is 17.6 Å². The molecule has 0 atom stereocenters. The van der Waals surface area contributed by atoms with Crippen molar-refractivity contribution >= 4 is 5.97 Å². The summed E-state index contributed by atoms with van der Waals surface area (Å²) in [4.78, 5) is 19.5. The number of nitrogens with one attached hydrogen (secondary N) is 1. The first-order valence-corrected chi connectivity index (χ1v) is 8.43. The fourth-order valence-electron chi connectivity index (χ4n) is 3.53. The smallest absolute Gasteiger partial charge is 0.335 e. The van der Waals surface area contributed by atoms with Crippen molar-refractivity contribution in [2.24, 2.45) is 0 Å². The third-order valence-corrected chi connectivity index (χ3v) is 5.05. The minimum absolute atomic E-state index is 0.298. The molecular formula is C19H24N2O3. The van der Waals surface area contributed by atoms with E-state index in [4.69, 9.17) is 9.72 Å². The van der Waals surface area contributed by atoms with Crippen molar-refractivity contribution in [1.82, 2.24) is 9.97 Å². The Kier molecular flexibility index (Phi) is 4.71.